The van der Waals surface area contributed by atoms with Crippen LogP contribution < -0.4 is 10.6 Å². The molecule has 1 saturated heterocycles. The van der Waals surface area contributed by atoms with Crippen LogP contribution in [0.15, 0.2) is 18.3 Å². The van der Waals surface area contributed by atoms with E-state index < -0.39 is 0 Å². The highest BCUT2D eigenvalue weighted by molar-refractivity contribution is 5.47. The Kier molecular flexibility index (Phi) is 3.74. The van der Waals surface area contributed by atoms with Crippen LogP contribution in [0.3, 0.4) is 0 Å². The monoisotopic (exact) mass is 220 g/mol. The lowest BCUT2D eigenvalue weighted by atomic mass is 10.2. The van der Waals surface area contributed by atoms with Gasteiger partial charge < -0.3 is 15.5 Å². The SMILES string of the molecule is CN1CCN(c2ccnc(CCN)c2)CC1. The van der Waals surface area contributed by atoms with Gasteiger partial charge in [-0.15, -0.1) is 0 Å². The van der Waals surface area contributed by atoms with Crippen LogP contribution in [0.2, 0.25) is 0 Å². The van der Waals surface area contributed by atoms with E-state index in [0.717, 1.165) is 38.3 Å². The Labute approximate surface area is 97.1 Å². The molecular formula is C12H20N4. The summed E-state index contributed by atoms with van der Waals surface area (Å²) in [6.45, 7) is 5.13. The van der Waals surface area contributed by atoms with Crippen molar-refractivity contribution in [2.75, 3.05) is 44.7 Å². The molecule has 1 aliphatic rings. The quantitative estimate of drug-likeness (QED) is 0.797. The van der Waals surface area contributed by atoms with Gasteiger partial charge in [-0.25, -0.2) is 0 Å². The summed E-state index contributed by atoms with van der Waals surface area (Å²) in [5, 5.41) is 0. The van der Waals surface area contributed by atoms with Crippen molar-refractivity contribution in [2.24, 2.45) is 5.73 Å². The highest BCUT2D eigenvalue weighted by Gasteiger charge is 2.14. The van der Waals surface area contributed by atoms with Gasteiger partial charge >= 0.3 is 0 Å². The molecule has 0 radical (unpaired) electrons. The van der Waals surface area contributed by atoms with E-state index in [4.69, 9.17) is 5.73 Å². The van der Waals surface area contributed by atoms with Crippen molar-refractivity contribution < 1.29 is 0 Å². The molecule has 88 valence electrons. The number of likely N-dealkylation sites (N-methyl/N-ethyl adjacent to an activating group) is 1. The number of hydrogen-bond acceptors (Lipinski definition) is 4. The maximum atomic E-state index is 5.55. The fraction of sp³-hybridized carbons (Fsp3) is 0.583. The third kappa shape index (κ3) is 2.71. The third-order valence-electron chi connectivity index (χ3n) is 3.07. The summed E-state index contributed by atoms with van der Waals surface area (Å²) >= 11 is 0. The van der Waals surface area contributed by atoms with Crippen molar-refractivity contribution in [1.82, 2.24) is 9.88 Å². The summed E-state index contributed by atoms with van der Waals surface area (Å²) in [5.74, 6) is 0. The summed E-state index contributed by atoms with van der Waals surface area (Å²) in [7, 11) is 2.17. The van der Waals surface area contributed by atoms with Gasteiger partial charge in [0.25, 0.3) is 0 Å². The minimum atomic E-state index is 0.666. The van der Waals surface area contributed by atoms with Gasteiger partial charge in [-0.3, -0.25) is 4.98 Å². The molecule has 0 aliphatic carbocycles. The molecule has 4 heteroatoms. The lowest BCUT2D eigenvalue weighted by Gasteiger charge is -2.34. The summed E-state index contributed by atoms with van der Waals surface area (Å²) < 4.78 is 0. The zero-order valence-corrected chi connectivity index (χ0v) is 9.89. The van der Waals surface area contributed by atoms with Gasteiger partial charge in [0.05, 0.1) is 0 Å². The van der Waals surface area contributed by atoms with Crippen LogP contribution in [0, 0.1) is 0 Å². The number of pyridine rings is 1. The van der Waals surface area contributed by atoms with Gasteiger partial charge in [-0.1, -0.05) is 0 Å². The van der Waals surface area contributed by atoms with E-state index in [9.17, 15) is 0 Å². The van der Waals surface area contributed by atoms with Crippen molar-refractivity contribution >= 4 is 5.69 Å². The van der Waals surface area contributed by atoms with Crippen LogP contribution in [-0.4, -0.2) is 49.7 Å². The van der Waals surface area contributed by atoms with Gasteiger partial charge in [0, 0.05) is 50.2 Å². The Bertz CT molecular complexity index is 332. The summed E-state index contributed by atoms with van der Waals surface area (Å²) in [6, 6.07) is 4.25. The molecule has 0 amide bonds. The van der Waals surface area contributed by atoms with Crippen molar-refractivity contribution in [3.8, 4) is 0 Å². The number of piperazine rings is 1. The molecule has 1 fully saturated rings. The largest absolute Gasteiger partial charge is 0.369 e. The standard InChI is InChI=1S/C12H20N4/c1-15-6-8-16(9-7-15)12-3-5-14-11(10-12)2-4-13/h3,5,10H,2,4,6-9,13H2,1H3. The molecule has 0 unspecified atom stereocenters. The van der Waals surface area contributed by atoms with Crippen LogP contribution in [0.25, 0.3) is 0 Å². The average Bonchev–Trinajstić information content (AvgIpc) is 2.31. The zero-order valence-electron chi connectivity index (χ0n) is 9.89. The van der Waals surface area contributed by atoms with Gasteiger partial charge in [-0.2, -0.15) is 0 Å². The second-order valence-corrected chi connectivity index (χ2v) is 4.33. The summed E-state index contributed by atoms with van der Waals surface area (Å²) in [5.41, 5.74) is 7.93. The second-order valence-electron chi connectivity index (χ2n) is 4.33. The first kappa shape index (κ1) is 11.4. The van der Waals surface area contributed by atoms with Crippen LogP contribution in [0.5, 0.6) is 0 Å². The Morgan fingerprint density at radius 2 is 2.06 bits per heavy atom. The lowest BCUT2D eigenvalue weighted by Crippen LogP contribution is -2.44. The van der Waals surface area contributed by atoms with E-state index in [2.05, 4.69) is 34.0 Å². The molecule has 0 atom stereocenters. The molecule has 0 saturated carbocycles. The van der Waals surface area contributed by atoms with Gasteiger partial charge in [-0.05, 0) is 25.7 Å². The molecule has 1 aromatic heterocycles. The van der Waals surface area contributed by atoms with Gasteiger partial charge in [0.15, 0.2) is 0 Å². The molecule has 2 heterocycles. The number of rotatable bonds is 3. The van der Waals surface area contributed by atoms with E-state index in [-0.39, 0.29) is 0 Å². The Balaban J connectivity index is 2.05. The first-order valence-electron chi connectivity index (χ1n) is 5.88. The molecule has 1 aromatic rings. The smallest absolute Gasteiger partial charge is 0.0436 e. The number of anilines is 1. The first-order chi connectivity index (χ1) is 7.79. The maximum Gasteiger partial charge on any atom is 0.0436 e. The van der Waals surface area contributed by atoms with E-state index in [1.165, 1.54) is 5.69 Å². The average molecular weight is 220 g/mol. The van der Waals surface area contributed by atoms with Crippen LogP contribution in [-0.2, 0) is 6.42 Å². The normalized spacial score (nSPS) is 17.8. The Hall–Kier alpha value is -1.13. The zero-order chi connectivity index (χ0) is 11.4. The molecule has 1 aliphatic heterocycles. The van der Waals surface area contributed by atoms with Crippen LogP contribution in [0.4, 0.5) is 5.69 Å². The van der Waals surface area contributed by atoms with Crippen molar-refractivity contribution in [1.29, 1.82) is 0 Å². The molecule has 0 spiro atoms. The van der Waals surface area contributed by atoms with E-state index in [1.807, 2.05) is 6.20 Å². The second kappa shape index (κ2) is 5.27. The predicted octanol–water partition coefficient (Wildman–Crippen LogP) is 0.335. The highest BCUT2D eigenvalue weighted by atomic mass is 15.2. The number of nitrogens with two attached hydrogens (primary N) is 1. The minimum Gasteiger partial charge on any atom is -0.369 e. The predicted molar refractivity (Wildman–Crippen MR) is 66.7 cm³/mol. The molecule has 0 bridgehead atoms. The van der Waals surface area contributed by atoms with Gasteiger partial charge in [0.1, 0.15) is 0 Å². The molecule has 16 heavy (non-hydrogen) atoms. The van der Waals surface area contributed by atoms with Crippen LogP contribution >= 0.6 is 0 Å². The number of hydrogen-bond donors (Lipinski definition) is 1. The van der Waals surface area contributed by atoms with E-state index >= 15 is 0 Å². The third-order valence-corrected chi connectivity index (χ3v) is 3.07. The molecule has 2 N–H and O–H groups in total. The maximum absolute atomic E-state index is 5.55. The first-order valence-corrected chi connectivity index (χ1v) is 5.88. The highest BCUT2D eigenvalue weighted by Crippen LogP contribution is 2.16. The summed E-state index contributed by atoms with van der Waals surface area (Å²) in [6.07, 6.45) is 2.75. The van der Waals surface area contributed by atoms with Crippen LogP contribution in [0.1, 0.15) is 5.69 Å². The van der Waals surface area contributed by atoms with Gasteiger partial charge in [0.2, 0.25) is 0 Å². The minimum absolute atomic E-state index is 0.666. The number of nitrogens with zero attached hydrogens (tertiary/aromatic N) is 3. The molecular weight excluding hydrogens is 200 g/mol. The Morgan fingerprint density at radius 3 is 2.75 bits per heavy atom. The molecule has 0 aromatic carbocycles. The van der Waals surface area contributed by atoms with Crippen molar-refractivity contribution in [2.45, 2.75) is 6.42 Å². The summed E-state index contributed by atoms with van der Waals surface area (Å²) in [4.78, 5) is 9.10. The topological polar surface area (TPSA) is 45.4 Å². The number of aromatic nitrogens is 1. The fourth-order valence-corrected chi connectivity index (χ4v) is 2.01. The van der Waals surface area contributed by atoms with E-state index in [1.54, 1.807) is 0 Å². The Morgan fingerprint density at radius 1 is 1.31 bits per heavy atom. The van der Waals surface area contributed by atoms with E-state index in [0.29, 0.717) is 6.54 Å². The molecule has 4 nitrogen and oxygen atoms in total. The van der Waals surface area contributed by atoms with Crippen molar-refractivity contribution in [3.63, 3.8) is 0 Å². The van der Waals surface area contributed by atoms with Crippen molar-refractivity contribution in [3.05, 3.63) is 24.0 Å². The fourth-order valence-electron chi connectivity index (χ4n) is 2.01. The molecule has 2 rings (SSSR count). The lowest BCUT2D eigenvalue weighted by molar-refractivity contribution is 0.313.